The van der Waals surface area contributed by atoms with Crippen molar-refractivity contribution in [2.75, 3.05) is 0 Å². The minimum atomic E-state index is 0.0930. The molecule has 0 saturated carbocycles. The summed E-state index contributed by atoms with van der Waals surface area (Å²) in [6.07, 6.45) is 0. The van der Waals surface area contributed by atoms with Gasteiger partial charge in [0, 0.05) is 32.8 Å². The number of fused-ring (bicyclic) bond motifs is 9. The third kappa shape index (κ3) is 4.26. The smallest absolute Gasteiger partial charge is 0.250 e. The molecule has 4 nitrogen and oxygen atoms in total. The Labute approximate surface area is 300 Å². The largest absolute Gasteiger partial charge is 0.458 e. The standard InChI is InChI=1S/C47H30BN3O/c1-3-14-32(15-4-1)48-37-20-9-12-24-43(37)52-44-30-31(26-28-38(44)48)39-21-13-25-45(49-39)51-41-23-11-8-19-36(41)46-42(51)29-27-35-34-18-7-10-22-40(34)50(47(35)46)33-16-5-2-6-17-33/h1-30H. The Balaban J connectivity index is 1.11. The van der Waals surface area contributed by atoms with Crippen LogP contribution in [0.25, 0.3) is 66.4 Å². The third-order valence-corrected chi connectivity index (χ3v) is 10.7. The van der Waals surface area contributed by atoms with Gasteiger partial charge in [-0.15, -0.1) is 0 Å². The molecular weight excluding hydrogens is 633 g/mol. The number of nitrogens with zero attached hydrogens (tertiary/aromatic N) is 3. The number of para-hydroxylation sites is 4. The van der Waals surface area contributed by atoms with Crippen molar-refractivity contribution in [1.82, 2.24) is 14.1 Å². The number of rotatable bonds is 4. The zero-order valence-corrected chi connectivity index (χ0v) is 28.1. The van der Waals surface area contributed by atoms with E-state index in [1.165, 1.54) is 43.5 Å². The van der Waals surface area contributed by atoms with Crippen molar-refractivity contribution in [3.05, 3.63) is 182 Å². The van der Waals surface area contributed by atoms with Gasteiger partial charge in [0.1, 0.15) is 17.3 Å². The maximum Gasteiger partial charge on any atom is 0.250 e. The Morgan fingerprint density at radius 3 is 2.00 bits per heavy atom. The molecule has 0 saturated heterocycles. The number of ether oxygens (including phenoxy) is 1. The molecule has 242 valence electrons. The van der Waals surface area contributed by atoms with Crippen LogP contribution in [0.5, 0.6) is 11.5 Å². The van der Waals surface area contributed by atoms with Gasteiger partial charge >= 0.3 is 0 Å². The van der Waals surface area contributed by atoms with Gasteiger partial charge in [-0.3, -0.25) is 4.57 Å². The fraction of sp³-hybridized carbons (Fsp3) is 0. The van der Waals surface area contributed by atoms with E-state index in [-0.39, 0.29) is 6.71 Å². The van der Waals surface area contributed by atoms with E-state index >= 15 is 0 Å². The molecule has 11 rings (SSSR count). The molecule has 7 aromatic carbocycles. The first-order chi connectivity index (χ1) is 25.8. The lowest BCUT2D eigenvalue weighted by atomic mass is 9.36. The van der Waals surface area contributed by atoms with Crippen molar-refractivity contribution >= 4 is 66.7 Å². The summed E-state index contributed by atoms with van der Waals surface area (Å²) >= 11 is 0. The van der Waals surface area contributed by atoms with Crippen LogP contribution in [-0.4, -0.2) is 20.8 Å². The van der Waals surface area contributed by atoms with Crippen molar-refractivity contribution in [3.8, 4) is 34.3 Å². The molecule has 0 N–H and O–H groups in total. The molecule has 0 spiro atoms. The molecule has 3 aromatic heterocycles. The Morgan fingerprint density at radius 1 is 0.462 bits per heavy atom. The molecule has 0 fully saturated rings. The second kappa shape index (κ2) is 11.3. The lowest BCUT2D eigenvalue weighted by molar-refractivity contribution is 0.487. The fourth-order valence-corrected chi connectivity index (χ4v) is 8.43. The minimum Gasteiger partial charge on any atom is -0.458 e. The summed E-state index contributed by atoms with van der Waals surface area (Å²) in [5.74, 6) is 2.63. The van der Waals surface area contributed by atoms with Crippen LogP contribution in [0.4, 0.5) is 0 Å². The van der Waals surface area contributed by atoms with E-state index in [0.29, 0.717) is 0 Å². The third-order valence-electron chi connectivity index (χ3n) is 10.7. The van der Waals surface area contributed by atoms with Crippen LogP contribution < -0.4 is 21.1 Å². The predicted octanol–water partition coefficient (Wildman–Crippen LogP) is 9.56. The molecule has 52 heavy (non-hydrogen) atoms. The zero-order chi connectivity index (χ0) is 34.2. The van der Waals surface area contributed by atoms with Gasteiger partial charge in [-0.05, 0) is 65.5 Å². The number of benzene rings is 7. The van der Waals surface area contributed by atoms with Gasteiger partial charge in [-0.25, -0.2) is 4.98 Å². The van der Waals surface area contributed by atoms with Crippen molar-refractivity contribution in [2.24, 2.45) is 0 Å². The number of aromatic nitrogens is 3. The number of pyridine rings is 1. The fourth-order valence-electron chi connectivity index (χ4n) is 8.43. The van der Waals surface area contributed by atoms with Gasteiger partial charge in [-0.2, -0.15) is 0 Å². The van der Waals surface area contributed by atoms with E-state index in [4.69, 9.17) is 9.72 Å². The normalized spacial score (nSPS) is 12.3. The molecular formula is C47H30BN3O. The second-order valence-electron chi connectivity index (χ2n) is 13.5. The van der Waals surface area contributed by atoms with Gasteiger partial charge < -0.3 is 9.30 Å². The van der Waals surface area contributed by atoms with Crippen LogP contribution in [0.15, 0.2) is 182 Å². The van der Waals surface area contributed by atoms with E-state index in [1.807, 2.05) is 6.07 Å². The lowest BCUT2D eigenvalue weighted by Gasteiger charge is -2.27. The molecule has 0 bridgehead atoms. The topological polar surface area (TPSA) is 32.0 Å². The summed E-state index contributed by atoms with van der Waals surface area (Å²) in [5.41, 5.74) is 11.3. The first-order valence-electron chi connectivity index (χ1n) is 17.8. The second-order valence-corrected chi connectivity index (χ2v) is 13.5. The van der Waals surface area contributed by atoms with Crippen molar-refractivity contribution in [3.63, 3.8) is 0 Å². The number of hydrogen-bond donors (Lipinski definition) is 0. The summed E-state index contributed by atoms with van der Waals surface area (Å²) in [4.78, 5) is 5.36. The first-order valence-corrected chi connectivity index (χ1v) is 17.8. The van der Waals surface area contributed by atoms with Crippen molar-refractivity contribution in [2.45, 2.75) is 0 Å². The predicted molar refractivity (Wildman–Crippen MR) is 216 cm³/mol. The highest BCUT2D eigenvalue weighted by Crippen LogP contribution is 2.42. The van der Waals surface area contributed by atoms with Crippen molar-refractivity contribution in [1.29, 1.82) is 0 Å². The summed E-state index contributed by atoms with van der Waals surface area (Å²) in [5, 5.41) is 4.89. The Hall–Kier alpha value is -6.85. The van der Waals surface area contributed by atoms with E-state index in [2.05, 4.69) is 185 Å². The van der Waals surface area contributed by atoms with Crippen molar-refractivity contribution < 1.29 is 4.74 Å². The van der Waals surface area contributed by atoms with Crippen LogP contribution in [0, 0.1) is 0 Å². The molecule has 5 heteroatoms. The average Bonchev–Trinajstić information content (AvgIpc) is 3.73. The summed E-state index contributed by atoms with van der Waals surface area (Å²) in [6.45, 7) is 0.0930. The minimum absolute atomic E-state index is 0.0930. The van der Waals surface area contributed by atoms with E-state index in [1.54, 1.807) is 0 Å². The van der Waals surface area contributed by atoms with Crippen LogP contribution in [-0.2, 0) is 0 Å². The lowest BCUT2D eigenvalue weighted by Crippen LogP contribution is -2.54. The first kappa shape index (κ1) is 28.9. The highest BCUT2D eigenvalue weighted by molar-refractivity contribution is 6.96. The van der Waals surface area contributed by atoms with E-state index in [9.17, 15) is 0 Å². The van der Waals surface area contributed by atoms with Gasteiger partial charge in [0.2, 0.25) is 0 Å². The van der Waals surface area contributed by atoms with Gasteiger partial charge in [0.05, 0.1) is 27.8 Å². The molecule has 0 radical (unpaired) electrons. The highest BCUT2D eigenvalue weighted by atomic mass is 16.5. The van der Waals surface area contributed by atoms with E-state index in [0.717, 1.165) is 50.8 Å². The molecule has 0 atom stereocenters. The SMILES string of the molecule is c1ccc(B2c3ccccc3Oc3cc(-c4cccc(-n5c6ccccc6c6c5ccc5c7ccccc7n(-c7ccccc7)c56)n4)ccc32)cc1. The van der Waals surface area contributed by atoms with E-state index < -0.39 is 0 Å². The Morgan fingerprint density at radius 2 is 1.15 bits per heavy atom. The summed E-state index contributed by atoms with van der Waals surface area (Å²) in [7, 11) is 0. The van der Waals surface area contributed by atoms with Gasteiger partial charge in [0.25, 0.3) is 6.71 Å². The quantitative estimate of drug-likeness (QED) is 0.176. The molecule has 1 aliphatic heterocycles. The van der Waals surface area contributed by atoms with Gasteiger partial charge in [0.15, 0.2) is 0 Å². The molecule has 10 aromatic rings. The van der Waals surface area contributed by atoms with Crippen LogP contribution in [0.3, 0.4) is 0 Å². The zero-order valence-electron chi connectivity index (χ0n) is 28.1. The molecule has 0 unspecified atom stereocenters. The molecule has 1 aliphatic rings. The molecule has 0 amide bonds. The van der Waals surface area contributed by atoms with Gasteiger partial charge in [-0.1, -0.05) is 133 Å². The summed E-state index contributed by atoms with van der Waals surface area (Å²) in [6, 6.07) is 64.6. The van der Waals surface area contributed by atoms with Crippen LogP contribution >= 0.6 is 0 Å². The Bertz CT molecular complexity index is 3000. The molecule has 0 aliphatic carbocycles. The average molecular weight is 664 g/mol. The van der Waals surface area contributed by atoms with Crippen LogP contribution in [0.1, 0.15) is 0 Å². The number of hydrogen-bond acceptors (Lipinski definition) is 2. The monoisotopic (exact) mass is 663 g/mol. The van der Waals surface area contributed by atoms with Crippen LogP contribution in [0.2, 0.25) is 0 Å². The Kier molecular flexibility index (Phi) is 6.31. The maximum absolute atomic E-state index is 6.59. The maximum atomic E-state index is 6.59. The molecule has 4 heterocycles. The summed E-state index contributed by atoms with van der Waals surface area (Å²) < 4.78 is 11.3. The highest BCUT2D eigenvalue weighted by Gasteiger charge is 2.32.